The van der Waals surface area contributed by atoms with Gasteiger partial charge < -0.3 is 40.3 Å². The number of aliphatic hydroxyl groups excluding tert-OH is 5. The second-order valence-electron chi connectivity index (χ2n) is 16.2. The second-order valence-corrected chi connectivity index (χ2v) is 16.2. The van der Waals surface area contributed by atoms with Crippen LogP contribution in [-0.4, -0.2) is 87.5 Å². The zero-order valence-corrected chi connectivity index (χ0v) is 35.4. The third-order valence-corrected chi connectivity index (χ3v) is 11.1. The molecule has 7 atom stereocenters. The van der Waals surface area contributed by atoms with Gasteiger partial charge in [-0.05, 0) is 19.3 Å². The number of carbonyl (C=O) groups excluding carboxylic acids is 1. The monoisotopic (exact) mass is 782 g/mol. The molecule has 0 aliphatic carbocycles. The molecule has 9 heteroatoms. The molecule has 55 heavy (non-hydrogen) atoms. The van der Waals surface area contributed by atoms with E-state index in [-0.39, 0.29) is 12.5 Å². The maximum atomic E-state index is 12.9. The largest absolute Gasteiger partial charge is 0.394 e. The number of ether oxygens (including phenoxy) is 2. The highest BCUT2D eigenvalue weighted by molar-refractivity contribution is 5.76. The number of aliphatic hydroxyl groups is 5. The van der Waals surface area contributed by atoms with Gasteiger partial charge in [0.1, 0.15) is 24.4 Å². The maximum Gasteiger partial charge on any atom is 0.220 e. The average Bonchev–Trinajstić information content (AvgIpc) is 3.18. The molecule has 1 rings (SSSR count). The van der Waals surface area contributed by atoms with Crippen LogP contribution in [0.5, 0.6) is 0 Å². The van der Waals surface area contributed by atoms with Crippen LogP contribution >= 0.6 is 0 Å². The maximum absolute atomic E-state index is 12.9. The number of rotatable bonds is 38. The molecule has 1 aliphatic heterocycles. The molecule has 2 unspecified atom stereocenters. The van der Waals surface area contributed by atoms with Crippen molar-refractivity contribution in [2.24, 2.45) is 0 Å². The van der Waals surface area contributed by atoms with Gasteiger partial charge in [-0.15, -0.1) is 0 Å². The first-order chi connectivity index (χ1) is 26.8. The normalized spacial score (nSPS) is 21.5. The van der Waals surface area contributed by atoms with Gasteiger partial charge in [-0.25, -0.2) is 0 Å². The first kappa shape index (κ1) is 51.7. The smallest absolute Gasteiger partial charge is 0.220 e. The lowest BCUT2D eigenvalue weighted by Crippen LogP contribution is -2.60. The summed E-state index contributed by atoms with van der Waals surface area (Å²) < 4.78 is 11.2. The van der Waals surface area contributed by atoms with Gasteiger partial charge in [-0.1, -0.05) is 205 Å². The van der Waals surface area contributed by atoms with E-state index in [2.05, 4.69) is 25.2 Å². The molecule has 0 bridgehead atoms. The average molecular weight is 782 g/mol. The van der Waals surface area contributed by atoms with E-state index in [0.29, 0.717) is 6.42 Å². The Morgan fingerprint density at radius 3 is 1.51 bits per heavy atom. The molecule has 324 valence electrons. The first-order valence-corrected chi connectivity index (χ1v) is 23.1. The van der Waals surface area contributed by atoms with Gasteiger partial charge in [0.25, 0.3) is 0 Å². The summed E-state index contributed by atoms with van der Waals surface area (Å²) in [4.78, 5) is 12.9. The molecule has 1 amide bonds. The SMILES string of the molecule is CCCCCCCCC/C=C/C=C/[C@@H](O)[C@H](CO[C@H]1O[C@@H](CO)[C@H](O)C(O)C1O)NC(=O)CCCCCCCCCCCCCCCCCCCCCCC. The Morgan fingerprint density at radius 1 is 0.618 bits per heavy atom. The van der Waals surface area contributed by atoms with Gasteiger partial charge in [-0.3, -0.25) is 4.79 Å². The van der Waals surface area contributed by atoms with E-state index in [0.717, 1.165) is 32.1 Å². The van der Waals surface area contributed by atoms with Crippen LogP contribution in [0.4, 0.5) is 0 Å². The summed E-state index contributed by atoms with van der Waals surface area (Å²) in [5.74, 6) is -0.192. The fourth-order valence-corrected chi connectivity index (χ4v) is 7.33. The van der Waals surface area contributed by atoms with Crippen molar-refractivity contribution >= 4 is 5.91 Å². The Morgan fingerprint density at radius 2 is 1.05 bits per heavy atom. The molecular formula is C46H87NO8. The molecule has 0 saturated carbocycles. The van der Waals surface area contributed by atoms with Crippen molar-refractivity contribution in [3.8, 4) is 0 Å². The van der Waals surface area contributed by atoms with Crippen LogP contribution < -0.4 is 5.32 Å². The molecule has 0 aromatic rings. The Labute approximate surface area is 337 Å². The molecule has 1 heterocycles. The van der Waals surface area contributed by atoms with E-state index in [1.165, 1.54) is 154 Å². The van der Waals surface area contributed by atoms with E-state index < -0.39 is 49.5 Å². The van der Waals surface area contributed by atoms with E-state index in [4.69, 9.17) is 9.47 Å². The van der Waals surface area contributed by atoms with Crippen LogP contribution in [0.1, 0.15) is 206 Å². The van der Waals surface area contributed by atoms with Crippen LogP contribution in [-0.2, 0) is 14.3 Å². The van der Waals surface area contributed by atoms with Crippen LogP contribution in [0.25, 0.3) is 0 Å². The number of nitrogens with one attached hydrogen (secondary N) is 1. The Balaban J connectivity index is 2.30. The number of allylic oxidation sites excluding steroid dienone is 3. The quantitative estimate of drug-likeness (QED) is 0.0268. The van der Waals surface area contributed by atoms with Crippen LogP contribution in [0.2, 0.25) is 0 Å². The van der Waals surface area contributed by atoms with E-state index in [1.54, 1.807) is 12.2 Å². The molecule has 1 fully saturated rings. The molecular weight excluding hydrogens is 695 g/mol. The summed E-state index contributed by atoms with van der Waals surface area (Å²) in [7, 11) is 0. The highest BCUT2D eigenvalue weighted by atomic mass is 16.7. The van der Waals surface area contributed by atoms with Crippen molar-refractivity contribution in [3.05, 3.63) is 24.3 Å². The zero-order chi connectivity index (χ0) is 40.2. The zero-order valence-electron chi connectivity index (χ0n) is 35.4. The van der Waals surface area contributed by atoms with Crippen molar-refractivity contribution in [2.45, 2.75) is 249 Å². The number of unbranched alkanes of at least 4 members (excludes halogenated alkanes) is 27. The molecule has 0 aromatic carbocycles. The Bertz CT molecular complexity index is 914. The molecule has 0 aromatic heterocycles. The third kappa shape index (κ3) is 27.9. The predicted octanol–water partition coefficient (Wildman–Crippen LogP) is 9.50. The molecule has 9 nitrogen and oxygen atoms in total. The molecule has 1 aliphatic rings. The Kier molecular flexibility index (Phi) is 34.7. The van der Waals surface area contributed by atoms with Crippen molar-refractivity contribution < 1.29 is 39.8 Å². The summed E-state index contributed by atoms with van der Waals surface area (Å²) in [5, 5.41) is 54.0. The highest BCUT2D eigenvalue weighted by Crippen LogP contribution is 2.22. The molecule has 0 radical (unpaired) electrons. The van der Waals surface area contributed by atoms with Gasteiger partial charge in [0, 0.05) is 6.42 Å². The summed E-state index contributed by atoms with van der Waals surface area (Å²) >= 11 is 0. The number of amides is 1. The van der Waals surface area contributed by atoms with Crippen molar-refractivity contribution in [2.75, 3.05) is 13.2 Å². The summed E-state index contributed by atoms with van der Waals surface area (Å²) in [5.41, 5.74) is 0. The van der Waals surface area contributed by atoms with Crippen molar-refractivity contribution in [1.82, 2.24) is 5.32 Å². The summed E-state index contributed by atoms with van der Waals surface area (Å²) in [6.45, 7) is 3.73. The van der Waals surface area contributed by atoms with Crippen molar-refractivity contribution in [3.63, 3.8) is 0 Å². The van der Waals surface area contributed by atoms with E-state index in [1.807, 2.05) is 6.08 Å². The van der Waals surface area contributed by atoms with Crippen LogP contribution in [0, 0.1) is 0 Å². The van der Waals surface area contributed by atoms with E-state index in [9.17, 15) is 30.3 Å². The standard InChI is InChI=1S/C46H87NO8/c1-3-5-7-9-11-13-15-16-17-18-19-20-21-22-23-24-26-28-30-32-34-36-42(50)47-39(38-54-46-45(53)44(52)43(51)41(37-48)55-46)40(49)35-33-31-29-27-25-14-12-10-8-6-4-2/h29,31,33,35,39-41,43-46,48-49,51-53H,3-28,30,32,34,36-38H2,1-2H3,(H,47,50)/b31-29+,35-33+/t39-,40+,41-,43-,44?,45?,46-/m0/s1. The summed E-state index contributed by atoms with van der Waals surface area (Å²) in [6.07, 6.45) is 36.7. The third-order valence-electron chi connectivity index (χ3n) is 11.1. The molecule has 0 spiro atoms. The van der Waals surface area contributed by atoms with Gasteiger partial charge in [0.05, 0.1) is 25.4 Å². The highest BCUT2D eigenvalue weighted by Gasteiger charge is 2.44. The van der Waals surface area contributed by atoms with E-state index >= 15 is 0 Å². The predicted molar refractivity (Wildman–Crippen MR) is 226 cm³/mol. The topological polar surface area (TPSA) is 149 Å². The lowest BCUT2D eigenvalue weighted by atomic mass is 9.99. The van der Waals surface area contributed by atoms with Gasteiger partial charge >= 0.3 is 0 Å². The van der Waals surface area contributed by atoms with Crippen LogP contribution in [0.3, 0.4) is 0 Å². The second kappa shape index (κ2) is 37.0. The fourth-order valence-electron chi connectivity index (χ4n) is 7.33. The fraction of sp³-hybridized carbons (Fsp3) is 0.891. The lowest BCUT2D eigenvalue weighted by Gasteiger charge is -2.40. The molecule has 6 N–H and O–H groups in total. The van der Waals surface area contributed by atoms with Crippen LogP contribution in [0.15, 0.2) is 24.3 Å². The van der Waals surface area contributed by atoms with Crippen molar-refractivity contribution in [1.29, 1.82) is 0 Å². The number of hydrogen-bond acceptors (Lipinski definition) is 8. The van der Waals surface area contributed by atoms with Gasteiger partial charge in [0.15, 0.2) is 6.29 Å². The van der Waals surface area contributed by atoms with Gasteiger partial charge in [0.2, 0.25) is 5.91 Å². The minimum absolute atomic E-state index is 0.192. The Hall–Kier alpha value is -1.33. The number of carbonyl (C=O) groups is 1. The van der Waals surface area contributed by atoms with Gasteiger partial charge in [-0.2, -0.15) is 0 Å². The first-order valence-electron chi connectivity index (χ1n) is 23.1. The minimum Gasteiger partial charge on any atom is -0.394 e. The number of hydrogen-bond donors (Lipinski definition) is 6. The summed E-state index contributed by atoms with van der Waals surface area (Å²) in [6, 6.07) is -0.831. The lowest BCUT2D eigenvalue weighted by molar-refractivity contribution is -0.302. The minimum atomic E-state index is -1.57. The molecule has 1 saturated heterocycles.